The summed E-state index contributed by atoms with van der Waals surface area (Å²) in [4.78, 5) is 4.29. The maximum Gasteiger partial charge on any atom is 0.148 e. The van der Waals surface area contributed by atoms with Crippen molar-refractivity contribution in [2.45, 2.75) is 25.1 Å². The quantitative estimate of drug-likeness (QED) is 0.674. The Morgan fingerprint density at radius 2 is 2.13 bits per heavy atom. The molecule has 2 aliphatic rings. The zero-order chi connectivity index (χ0) is 10.9. The van der Waals surface area contributed by atoms with Gasteiger partial charge in [0.05, 0.1) is 19.3 Å². The Morgan fingerprint density at radius 1 is 1.47 bits per heavy atom. The summed E-state index contributed by atoms with van der Waals surface area (Å²) in [6.07, 6.45) is 1.11. The molecule has 0 N–H and O–H groups in total. The lowest BCUT2D eigenvalue weighted by molar-refractivity contribution is -0.0994. The molecule has 0 bridgehead atoms. The third kappa shape index (κ3) is 2.49. The van der Waals surface area contributed by atoms with Crippen molar-refractivity contribution in [2.75, 3.05) is 46.4 Å². The summed E-state index contributed by atoms with van der Waals surface area (Å²) in [7, 11) is 2.00. The summed E-state index contributed by atoms with van der Waals surface area (Å²) in [5, 5.41) is 0. The van der Waals surface area contributed by atoms with Gasteiger partial charge in [0.25, 0.3) is 0 Å². The average molecular weight is 216 g/mol. The Kier molecular flexibility index (Phi) is 3.28. The highest BCUT2D eigenvalue weighted by atomic mass is 19.1. The number of ether oxygens (including phenoxy) is 1. The van der Waals surface area contributed by atoms with E-state index in [-0.39, 0.29) is 0 Å². The predicted molar refractivity (Wildman–Crippen MR) is 57.8 cm³/mol. The lowest BCUT2D eigenvalue weighted by Crippen LogP contribution is -2.65. The van der Waals surface area contributed by atoms with Crippen molar-refractivity contribution in [1.82, 2.24) is 9.80 Å². The molecule has 0 amide bonds. The Balaban J connectivity index is 1.70. The molecule has 0 spiro atoms. The minimum Gasteiger partial charge on any atom is -0.378 e. The number of likely N-dealkylation sites (tertiary alicyclic amines) is 1. The first-order valence-electron chi connectivity index (χ1n) is 5.82. The molecule has 2 aliphatic heterocycles. The van der Waals surface area contributed by atoms with Crippen LogP contribution in [0.5, 0.6) is 0 Å². The highest BCUT2D eigenvalue weighted by Gasteiger charge is 2.44. The molecule has 2 fully saturated rings. The van der Waals surface area contributed by atoms with Crippen LogP contribution in [0.15, 0.2) is 0 Å². The maximum atomic E-state index is 14.1. The monoisotopic (exact) mass is 216 g/mol. The van der Waals surface area contributed by atoms with E-state index in [0.717, 1.165) is 26.2 Å². The minimum absolute atomic E-state index is 0.442. The molecule has 0 aromatic heterocycles. The third-order valence-corrected chi connectivity index (χ3v) is 3.33. The molecule has 0 aromatic carbocycles. The number of hydrogen-bond acceptors (Lipinski definition) is 3. The van der Waals surface area contributed by atoms with Crippen LogP contribution in [-0.4, -0.2) is 68.0 Å². The minimum atomic E-state index is -0.973. The van der Waals surface area contributed by atoms with Gasteiger partial charge in [-0.15, -0.1) is 0 Å². The molecular weight excluding hydrogens is 195 g/mol. The summed E-state index contributed by atoms with van der Waals surface area (Å²) in [6, 6.07) is 0.442. The molecule has 0 radical (unpaired) electrons. The second-order valence-electron chi connectivity index (χ2n) is 4.97. The molecule has 15 heavy (non-hydrogen) atoms. The van der Waals surface area contributed by atoms with E-state index >= 15 is 0 Å². The predicted octanol–water partition coefficient (Wildman–Crippen LogP) is 0.751. The summed E-state index contributed by atoms with van der Waals surface area (Å²) >= 11 is 0. The highest BCUT2D eigenvalue weighted by molar-refractivity contribution is 4.98. The fourth-order valence-corrected chi connectivity index (χ4v) is 2.38. The second kappa shape index (κ2) is 4.36. The number of halogens is 1. The number of nitrogens with zero attached hydrogens (tertiary/aromatic N) is 2. The van der Waals surface area contributed by atoms with E-state index in [9.17, 15) is 4.39 Å². The number of likely N-dealkylation sites (N-methyl/N-ethyl adjacent to an activating group) is 1. The van der Waals surface area contributed by atoms with Crippen LogP contribution in [-0.2, 0) is 4.74 Å². The van der Waals surface area contributed by atoms with Gasteiger partial charge in [-0.05, 0) is 20.0 Å². The van der Waals surface area contributed by atoms with Crippen molar-refractivity contribution < 1.29 is 9.13 Å². The molecule has 0 saturated carbocycles. The standard InChI is InChI=1S/C11H21FN2O/c1-3-4-14-8-11(12,9-14)7-13(2)10-5-15-6-10/h10H,3-9H2,1-2H3. The first-order chi connectivity index (χ1) is 7.13. The van der Waals surface area contributed by atoms with Crippen molar-refractivity contribution >= 4 is 0 Å². The zero-order valence-corrected chi connectivity index (χ0v) is 9.71. The van der Waals surface area contributed by atoms with Crippen molar-refractivity contribution in [3.05, 3.63) is 0 Å². The van der Waals surface area contributed by atoms with Gasteiger partial charge < -0.3 is 4.74 Å². The first-order valence-corrected chi connectivity index (χ1v) is 5.82. The highest BCUT2D eigenvalue weighted by Crippen LogP contribution is 2.27. The van der Waals surface area contributed by atoms with Crippen LogP contribution in [0.4, 0.5) is 4.39 Å². The van der Waals surface area contributed by atoms with E-state index in [1.54, 1.807) is 0 Å². The van der Waals surface area contributed by atoms with E-state index in [1.807, 2.05) is 7.05 Å². The van der Waals surface area contributed by atoms with E-state index in [1.165, 1.54) is 0 Å². The first kappa shape index (κ1) is 11.3. The van der Waals surface area contributed by atoms with Gasteiger partial charge in [0.2, 0.25) is 0 Å². The SMILES string of the molecule is CCCN1CC(F)(CN(C)C2COC2)C1. The third-order valence-electron chi connectivity index (χ3n) is 3.33. The maximum absolute atomic E-state index is 14.1. The molecule has 4 heteroatoms. The lowest BCUT2D eigenvalue weighted by Gasteiger charge is -2.48. The summed E-state index contributed by atoms with van der Waals surface area (Å²) in [6.45, 7) is 6.48. The second-order valence-corrected chi connectivity index (χ2v) is 4.97. The van der Waals surface area contributed by atoms with Crippen molar-refractivity contribution in [2.24, 2.45) is 0 Å². The largest absolute Gasteiger partial charge is 0.378 e. The summed E-state index contributed by atoms with van der Waals surface area (Å²) < 4.78 is 19.2. The molecule has 0 aliphatic carbocycles. The Labute approximate surface area is 91.2 Å². The molecule has 3 nitrogen and oxygen atoms in total. The molecular formula is C11H21FN2O. The van der Waals surface area contributed by atoms with E-state index in [0.29, 0.717) is 25.7 Å². The van der Waals surface area contributed by atoms with Crippen LogP contribution in [0.3, 0.4) is 0 Å². The number of rotatable bonds is 5. The van der Waals surface area contributed by atoms with E-state index < -0.39 is 5.67 Å². The topological polar surface area (TPSA) is 15.7 Å². The van der Waals surface area contributed by atoms with Crippen LogP contribution in [0.25, 0.3) is 0 Å². The number of hydrogen-bond donors (Lipinski definition) is 0. The molecule has 0 atom stereocenters. The normalized spacial score (nSPS) is 26.4. The van der Waals surface area contributed by atoms with Gasteiger partial charge in [-0.2, -0.15) is 0 Å². The van der Waals surface area contributed by atoms with Crippen molar-refractivity contribution in [3.63, 3.8) is 0 Å². The van der Waals surface area contributed by atoms with Gasteiger partial charge in [-0.3, -0.25) is 9.80 Å². The molecule has 2 rings (SSSR count). The van der Waals surface area contributed by atoms with Crippen molar-refractivity contribution in [1.29, 1.82) is 0 Å². The Bertz CT molecular complexity index is 215. The lowest BCUT2D eigenvalue weighted by atomic mass is 9.94. The molecule has 88 valence electrons. The molecule has 0 unspecified atom stereocenters. The Morgan fingerprint density at radius 3 is 2.60 bits per heavy atom. The zero-order valence-electron chi connectivity index (χ0n) is 9.71. The van der Waals surface area contributed by atoms with Gasteiger partial charge in [-0.1, -0.05) is 6.92 Å². The number of alkyl halides is 1. The molecule has 0 aromatic rings. The van der Waals surface area contributed by atoms with Crippen LogP contribution in [0.1, 0.15) is 13.3 Å². The van der Waals surface area contributed by atoms with Crippen LogP contribution in [0.2, 0.25) is 0 Å². The van der Waals surface area contributed by atoms with Gasteiger partial charge in [0.1, 0.15) is 5.67 Å². The van der Waals surface area contributed by atoms with E-state index in [2.05, 4.69) is 16.7 Å². The van der Waals surface area contributed by atoms with E-state index in [4.69, 9.17) is 4.74 Å². The summed E-state index contributed by atoms with van der Waals surface area (Å²) in [5.41, 5.74) is -0.973. The fourth-order valence-electron chi connectivity index (χ4n) is 2.38. The Hall–Kier alpha value is -0.190. The fraction of sp³-hybridized carbons (Fsp3) is 1.00. The molecule has 2 heterocycles. The van der Waals surface area contributed by atoms with Gasteiger partial charge >= 0.3 is 0 Å². The van der Waals surface area contributed by atoms with Gasteiger partial charge in [-0.25, -0.2) is 4.39 Å². The summed E-state index contributed by atoms with van der Waals surface area (Å²) in [5.74, 6) is 0. The van der Waals surface area contributed by atoms with Crippen LogP contribution in [0, 0.1) is 0 Å². The average Bonchev–Trinajstić information content (AvgIpc) is 1.97. The van der Waals surface area contributed by atoms with Crippen LogP contribution >= 0.6 is 0 Å². The van der Waals surface area contributed by atoms with Gasteiger partial charge in [0, 0.05) is 19.6 Å². The van der Waals surface area contributed by atoms with Gasteiger partial charge in [0.15, 0.2) is 0 Å². The smallest absolute Gasteiger partial charge is 0.148 e. The van der Waals surface area contributed by atoms with Crippen molar-refractivity contribution in [3.8, 4) is 0 Å². The van der Waals surface area contributed by atoms with Crippen LogP contribution < -0.4 is 0 Å². The molecule has 2 saturated heterocycles.